The van der Waals surface area contributed by atoms with Gasteiger partial charge in [-0.1, -0.05) is 19.8 Å². The molecule has 5 nitrogen and oxygen atoms in total. The Labute approximate surface area is 83.0 Å². The Morgan fingerprint density at radius 2 is 2.23 bits per heavy atom. The van der Waals surface area contributed by atoms with Crippen LogP contribution in [-0.2, 0) is 4.74 Å². The maximum atomic E-state index is 10.2. The predicted molar refractivity (Wildman–Crippen MR) is 53.9 cm³/mol. The smallest absolute Gasteiger partial charge is 0.382 e. The Balaban J connectivity index is 3.22. The van der Waals surface area contributed by atoms with Crippen LogP contribution in [0.3, 0.4) is 0 Å². The normalized spacial score (nSPS) is 9.31. The zero-order chi connectivity index (χ0) is 10.1. The number of primary amides is 1. The van der Waals surface area contributed by atoms with Crippen molar-refractivity contribution in [2.24, 2.45) is 5.73 Å². The van der Waals surface area contributed by atoms with E-state index < -0.39 is 6.09 Å². The van der Waals surface area contributed by atoms with Crippen LogP contribution in [0, 0.1) is 0 Å². The molecule has 0 unspecified atom stereocenters. The van der Waals surface area contributed by atoms with Crippen molar-refractivity contribution in [1.82, 2.24) is 10.9 Å². The van der Waals surface area contributed by atoms with Crippen molar-refractivity contribution in [3.8, 4) is 0 Å². The molecular formula is C7H15N3O2S. The minimum absolute atomic E-state index is 0.0519. The lowest BCUT2D eigenvalue weighted by Gasteiger charge is -2.07. The summed E-state index contributed by atoms with van der Waals surface area (Å²) in [5, 5.41) is -0.0519. The molecule has 13 heavy (non-hydrogen) atoms. The molecular weight excluding hydrogens is 190 g/mol. The molecule has 0 aliphatic carbocycles. The number of carbonyl (C=O) groups excluding carboxylic acids is 1. The standard InChI is InChI=1S/C7H15N3O2S/c1-2-3-4-5-9-10-7(13)12-6(8)11/h9H,2-5H2,1H3,(H2,8,11)(H,10,13). The van der Waals surface area contributed by atoms with E-state index in [-0.39, 0.29) is 5.17 Å². The molecule has 0 fully saturated rings. The number of hydrogen-bond donors (Lipinski definition) is 3. The molecule has 0 aliphatic heterocycles. The number of nitrogens with two attached hydrogens (primary N) is 1. The van der Waals surface area contributed by atoms with Gasteiger partial charge in [-0.25, -0.2) is 10.2 Å². The molecule has 0 aromatic carbocycles. The highest BCUT2D eigenvalue weighted by molar-refractivity contribution is 7.80. The lowest BCUT2D eigenvalue weighted by molar-refractivity contribution is 0.206. The van der Waals surface area contributed by atoms with Crippen LogP contribution in [0.2, 0.25) is 0 Å². The summed E-state index contributed by atoms with van der Waals surface area (Å²) in [5.41, 5.74) is 10.1. The fourth-order valence-electron chi connectivity index (χ4n) is 0.715. The second-order valence-electron chi connectivity index (χ2n) is 2.47. The van der Waals surface area contributed by atoms with Crippen LogP contribution in [-0.4, -0.2) is 17.8 Å². The van der Waals surface area contributed by atoms with Gasteiger partial charge >= 0.3 is 6.09 Å². The molecule has 0 saturated carbocycles. The van der Waals surface area contributed by atoms with Crippen molar-refractivity contribution < 1.29 is 9.53 Å². The monoisotopic (exact) mass is 205 g/mol. The molecule has 0 radical (unpaired) electrons. The summed E-state index contributed by atoms with van der Waals surface area (Å²) in [6.45, 7) is 2.89. The third-order valence-corrected chi connectivity index (χ3v) is 1.47. The first-order chi connectivity index (χ1) is 6.16. The van der Waals surface area contributed by atoms with E-state index in [4.69, 9.17) is 5.73 Å². The zero-order valence-electron chi connectivity index (χ0n) is 7.63. The molecule has 0 saturated heterocycles. The maximum absolute atomic E-state index is 10.2. The van der Waals surface area contributed by atoms with Gasteiger partial charge in [0.25, 0.3) is 5.17 Å². The first-order valence-corrected chi connectivity index (χ1v) is 4.57. The van der Waals surface area contributed by atoms with Gasteiger partial charge < -0.3 is 10.5 Å². The minimum atomic E-state index is -0.909. The van der Waals surface area contributed by atoms with Gasteiger partial charge in [0.2, 0.25) is 0 Å². The number of nitrogens with one attached hydrogen (secondary N) is 2. The summed E-state index contributed by atoms with van der Waals surface area (Å²) in [4.78, 5) is 10.2. The third-order valence-electron chi connectivity index (χ3n) is 1.29. The minimum Gasteiger partial charge on any atom is -0.382 e. The first-order valence-electron chi connectivity index (χ1n) is 4.17. The highest BCUT2D eigenvalue weighted by Gasteiger charge is 1.99. The van der Waals surface area contributed by atoms with E-state index in [1.807, 2.05) is 0 Å². The van der Waals surface area contributed by atoms with E-state index in [2.05, 4.69) is 34.7 Å². The summed E-state index contributed by atoms with van der Waals surface area (Å²) < 4.78 is 4.35. The van der Waals surface area contributed by atoms with Gasteiger partial charge in [0, 0.05) is 6.54 Å². The van der Waals surface area contributed by atoms with Gasteiger partial charge in [0.15, 0.2) is 0 Å². The van der Waals surface area contributed by atoms with Gasteiger partial charge in [0.1, 0.15) is 0 Å². The topological polar surface area (TPSA) is 76.4 Å². The van der Waals surface area contributed by atoms with Crippen LogP contribution < -0.4 is 16.6 Å². The molecule has 0 aliphatic rings. The highest BCUT2D eigenvalue weighted by Crippen LogP contribution is 1.90. The summed E-state index contributed by atoms with van der Waals surface area (Å²) in [5.74, 6) is 0. The van der Waals surface area contributed by atoms with Crippen LogP contribution in [0.1, 0.15) is 26.2 Å². The SMILES string of the molecule is CCCCCNNC(=S)OC(N)=O. The summed E-state index contributed by atoms with van der Waals surface area (Å²) in [7, 11) is 0. The van der Waals surface area contributed by atoms with Crippen LogP contribution in [0.15, 0.2) is 0 Å². The second kappa shape index (κ2) is 7.75. The molecule has 76 valence electrons. The zero-order valence-corrected chi connectivity index (χ0v) is 8.45. The van der Waals surface area contributed by atoms with Crippen molar-refractivity contribution in [3.63, 3.8) is 0 Å². The number of unbranched alkanes of at least 4 members (excludes halogenated alkanes) is 2. The van der Waals surface area contributed by atoms with Gasteiger partial charge in [-0.15, -0.1) is 0 Å². The van der Waals surface area contributed by atoms with Crippen LogP contribution in [0.4, 0.5) is 4.79 Å². The Hall–Kier alpha value is -0.880. The van der Waals surface area contributed by atoms with Gasteiger partial charge in [0.05, 0.1) is 0 Å². The molecule has 0 aromatic rings. The molecule has 0 heterocycles. The number of hydrazine groups is 1. The van der Waals surface area contributed by atoms with E-state index in [0.29, 0.717) is 0 Å². The van der Waals surface area contributed by atoms with Crippen molar-refractivity contribution in [2.75, 3.05) is 6.54 Å². The van der Waals surface area contributed by atoms with E-state index in [1.54, 1.807) is 0 Å². The summed E-state index contributed by atoms with van der Waals surface area (Å²) in [6.07, 6.45) is 2.44. The Morgan fingerprint density at radius 1 is 1.54 bits per heavy atom. The maximum Gasteiger partial charge on any atom is 0.411 e. The third kappa shape index (κ3) is 9.03. The number of hydrogen-bond acceptors (Lipinski definition) is 4. The largest absolute Gasteiger partial charge is 0.411 e. The van der Waals surface area contributed by atoms with Crippen molar-refractivity contribution >= 4 is 23.5 Å². The number of amides is 1. The van der Waals surface area contributed by atoms with Crippen molar-refractivity contribution in [3.05, 3.63) is 0 Å². The molecule has 0 aromatic heterocycles. The Bertz CT molecular complexity index is 175. The number of ether oxygens (including phenoxy) is 1. The van der Waals surface area contributed by atoms with E-state index in [1.165, 1.54) is 0 Å². The van der Waals surface area contributed by atoms with Crippen molar-refractivity contribution in [2.45, 2.75) is 26.2 Å². The fourth-order valence-corrected chi connectivity index (χ4v) is 0.869. The fraction of sp³-hybridized carbons (Fsp3) is 0.714. The predicted octanol–water partition coefficient (Wildman–Crippen LogP) is 0.651. The molecule has 6 heteroatoms. The van der Waals surface area contributed by atoms with Crippen LogP contribution >= 0.6 is 12.2 Å². The first kappa shape index (κ1) is 12.1. The van der Waals surface area contributed by atoms with Gasteiger partial charge in [-0.3, -0.25) is 5.43 Å². The number of rotatable bonds is 5. The highest BCUT2D eigenvalue weighted by atomic mass is 32.1. The molecule has 0 spiro atoms. The van der Waals surface area contributed by atoms with E-state index in [0.717, 1.165) is 25.8 Å². The van der Waals surface area contributed by atoms with Gasteiger partial charge in [-0.05, 0) is 18.6 Å². The van der Waals surface area contributed by atoms with Crippen molar-refractivity contribution in [1.29, 1.82) is 0 Å². The quantitative estimate of drug-likeness (QED) is 0.349. The van der Waals surface area contributed by atoms with Crippen LogP contribution in [0.25, 0.3) is 0 Å². The Morgan fingerprint density at radius 3 is 2.77 bits per heavy atom. The summed E-state index contributed by atoms with van der Waals surface area (Å²) >= 11 is 4.61. The molecule has 0 bridgehead atoms. The van der Waals surface area contributed by atoms with E-state index >= 15 is 0 Å². The second-order valence-corrected chi connectivity index (χ2v) is 2.84. The average Bonchev–Trinajstić information content (AvgIpc) is 2.02. The Kier molecular flexibility index (Phi) is 7.23. The lowest BCUT2D eigenvalue weighted by Crippen LogP contribution is -2.39. The van der Waals surface area contributed by atoms with E-state index in [9.17, 15) is 4.79 Å². The lowest BCUT2D eigenvalue weighted by atomic mass is 10.3. The number of carbonyl (C=O) groups is 1. The molecule has 1 amide bonds. The number of thiocarbonyl (C=S) groups is 1. The molecule has 4 N–H and O–H groups in total. The summed E-state index contributed by atoms with van der Waals surface area (Å²) in [6, 6.07) is 0. The average molecular weight is 205 g/mol. The molecule has 0 atom stereocenters. The molecule has 0 rings (SSSR count). The van der Waals surface area contributed by atoms with Gasteiger partial charge in [-0.2, -0.15) is 0 Å². The van der Waals surface area contributed by atoms with Crippen LogP contribution in [0.5, 0.6) is 0 Å².